The number of thioether (sulfide) groups is 1. The van der Waals surface area contributed by atoms with Crippen LogP contribution in [0, 0.1) is 11.6 Å². The standard InChI is InChI=1S/C15H10BrF2NOS/c16-10-5-12(18)13(6-11(10)17)19-15(20)9-7-21-14-4-2-1-3-8(9)14/h1-6,9H,7H2,(H,19,20). The summed E-state index contributed by atoms with van der Waals surface area (Å²) in [7, 11) is 0. The fourth-order valence-corrected chi connectivity index (χ4v) is 3.76. The molecule has 2 aromatic rings. The molecular weight excluding hydrogens is 360 g/mol. The van der Waals surface area contributed by atoms with Crippen LogP contribution in [0.1, 0.15) is 11.5 Å². The van der Waals surface area contributed by atoms with Crippen molar-refractivity contribution >= 4 is 39.3 Å². The maximum absolute atomic E-state index is 13.8. The summed E-state index contributed by atoms with van der Waals surface area (Å²) in [6.45, 7) is 0. The van der Waals surface area contributed by atoms with Crippen LogP contribution in [0.2, 0.25) is 0 Å². The molecule has 0 aliphatic carbocycles. The van der Waals surface area contributed by atoms with Crippen LogP contribution in [0.5, 0.6) is 0 Å². The van der Waals surface area contributed by atoms with Crippen LogP contribution in [0.3, 0.4) is 0 Å². The predicted octanol–water partition coefficient (Wildman–Crippen LogP) is 4.56. The van der Waals surface area contributed by atoms with Gasteiger partial charge in [-0.05, 0) is 33.6 Å². The highest BCUT2D eigenvalue weighted by Gasteiger charge is 2.29. The van der Waals surface area contributed by atoms with Crippen molar-refractivity contribution in [2.24, 2.45) is 0 Å². The molecule has 1 amide bonds. The predicted molar refractivity (Wildman–Crippen MR) is 82.6 cm³/mol. The summed E-state index contributed by atoms with van der Waals surface area (Å²) in [4.78, 5) is 13.4. The fourth-order valence-electron chi connectivity index (χ4n) is 2.22. The monoisotopic (exact) mass is 369 g/mol. The highest BCUT2D eigenvalue weighted by atomic mass is 79.9. The van der Waals surface area contributed by atoms with Crippen molar-refractivity contribution in [1.29, 1.82) is 0 Å². The minimum absolute atomic E-state index is 0.0276. The highest BCUT2D eigenvalue weighted by Crippen LogP contribution is 2.40. The van der Waals surface area contributed by atoms with E-state index in [2.05, 4.69) is 21.2 Å². The molecule has 0 saturated heterocycles. The lowest BCUT2D eigenvalue weighted by Crippen LogP contribution is -2.21. The first-order valence-electron chi connectivity index (χ1n) is 6.23. The van der Waals surface area contributed by atoms with E-state index >= 15 is 0 Å². The van der Waals surface area contributed by atoms with E-state index in [-0.39, 0.29) is 22.0 Å². The topological polar surface area (TPSA) is 29.1 Å². The smallest absolute Gasteiger partial charge is 0.232 e. The third-order valence-corrected chi connectivity index (χ3v) is 5.07. The van der Waals surface area contributed by atoms with Crippen LogP contribution in [0.4, 0.5) is 14.5 Å². The second-order valence-corrected chi connectivity index (χ2v) is 6.55. The van der Waals surface area contributed by atoms with Gasteiger partial charge in [-0.15, -0.1) is 11.8 Å². The number of halogens is 3. The van der Waals surface area contributed by atoms with E-state index in [0.29, 0.717) is 5.75 Å². The molecule has 1 aliphatic rings. The number of benzene rings is 2. The van der Waals surface area contributed by atoms with Gasteiger partial charge in [0.25, 0.3) is 0 Å². The molecule has 1 atom stereocenters. The minimum atomic E-state index is -0.671. The number of nitrogens with one attached hydrogen (secondary N) is 1. The summed E-state index contributed by atoms with van der Waals surface area (Å²) < 4.78 is 27.2. The molecular formula is C15H10BrF2NOS. The normalized spacial score (nSPS) is 16.6. The zero-order valence-corrected chi connectivity index (χ0v) is 13.1. The molecule has 1 heterocycles. The minimum Gasteiger partial charge on any atom is -0.323 e. The number of amides is 1. The molecule has 1 unspecified atom stereocenters. The Morgan fingerprint density at radius 1 is 1.24 bits per heavy atom. The van der Waals surface area contributed by atoms with Crippen LogP contribution in [-0.2, 0) is 4.79 Å². The summed E-state index contributed by atoms with van der Waals surface area (Å²) in [5.74, 6) is -1.36. The molecule has 6 heteroatoms. The lowest BCUT2D eigenvalue weighted by atomic mass is 10.0. The van der Waals surface area contributed by atoms with E-state index in [9.17, 15) is 13.6 Å². The van der Waals surface area contributed by atoms with Crippen molar-refractivity contribution in [3.8, 4) is 0 Å². The maximum Gasteiger partial charge on any atom is 0.232 e. The molecule has 0 spiro atoms. The fraction of sp³-hybridized carbons (Fsp3) is 0.133. The first-order valence-corrected chi connectivity index (χ1v) is 8.01. The quantitative estimate of drug-likeness (QED) is 0.786. The summed E-state index contributed by atoms with van der Waals surface area (Å²) in [5, 5.41) is 2.47. The average molecular weight is 370 g/mol. The van der Waals surface area contributed by atoms with Gasteiger partial charge in [0.05, 0.1) is 16.1 Å². The molecule has 2 aromatic carbocycles. The van der Waals surface area contributed by atoms with Gasteiger partial charge < -0.3 is 5.32 Å². The van der Waals surface area contributed by atoms with Gasteiger partial charge in [0.2, 0.25) is 5.91 Å². The third kappa shape index (κ3) is 2.82. The Balaban J connectivity index is 1.84. The molecule has 21 heavy (non-hydrogen) atoms. The molecule has 1 aliphatic heterocycles. The van der Waals surface area contributed by atoms with E-state index < -0.39 is 11.6 Å². The zero-order chi connectivity index (χ0) is 15.0. The Morgan fingerprint density at radius 3 is 2.81 bits per heavy atom. The van der Waals surface area contributed by atoms with Crippen LogP contribution in [0.25, 0.3) is 0 Å². The Bertz CT molecular complexity index is 723. The van der Waals surface area contributed by atoms with Crippen LogP contribution in [0.15, 0.2) is 45.8 Å². The molecule has 0 aromatic heterocycles. The molecule has 108 valence electrons. The second-order valence-electron chi connectivity index (χ2n) is 4.64. The molecule has 0 bridgehead atoms. The lowest BCUT2D eigenvalue weighted by Gasteiger charge is -2.12. The summed E-state index contributed by atoms with van der Waals surface area (Å²) >= 11 is 4.49. The third-order valence-electron chi connectivity index (χ3n) is 3.28. The van der Waals surface area contributed by atoms with Crippen molar-refractivity contribution in [3.05, 3.63) is 58.1 Å². The van der Waals surface area contributed by atoms with Crippen molar-refractivity contribution in [3.63, 3.8) is 0 Å². The summed E-state index contributed by atoms with van der Waals surface area (Å²) in [5.41, 5.74) is 0.785. The summed E-state index contributed by atoms with van der Waals surface area (Å²) in [6, 6.07) is 9.60. The van der Waals surface area contributed by atoms with Gasteiger partial charge in [-0.3, -0.25) is 4.79 Å². The summed E-state index contributed by atoms with van der Waals surface area (Å²) in [6.07, 6.45) is 0. The molecule has 3 rings (SSSR count). The maximum atomic E-state index is 13.8. The highest BCUT2D eigenvalue weighted by molar-refractivity contribution is 9.10. The van der Waals surface area contributed by atoms with Gasteiger partial charge in [-0.2, -0.15) is 0 Å². The van der Waals surface area contributed by atoms with Crippen molar-refractivity contribution < 1.29 is 13.6 Å². The first kappa shape index (κ1) is 14.5. The Labute approximate surface area is 133 Å². The molecule has 0 fully saturated rings. The van der Waals surface area contributed by atoms with E-state index in [4.69, 9.17) is 0 Å². The zero-order valence-electron chi connectivity index (χ0n) is 10.7. The van der Waals surface area contributed by atoms with Crippen molar-refractivity contribution in [1.82, 2.24) is 0 Å². The van der Waals surface area contributed by atoms with Gasteiger partial charge in [-0.1, -0.05) is 18.2 Å². The average Bonchev–Trinajstić information content (AvgIpc) is 2.88. The second kappa shape index (κ2) is 5.77. The van der Waals surface area contributed by atoms with Gasteiger partial charge in [0.1, 0.15) is 11.6 Å². The van der Waals surface area contributed by atoms with Crippen LogP contribution >= 0.6 is 27.7 Å². The van der Waals surface area contributed by atoms with Gasteiger partial charge in [0, 0.05) is 16.7 Å². The Kier molecular flexibility index (Phi) is 3.99. The van der Waals surface area contributed by atoms with Gasteiger partial charge in [0.15, 0.2) is 0 Å². The largest absolute Gasteiger partial charge is 0.323 e. The molecule has 1 N–H and O–H groups in total. The molecule has 0 radical (unpaired) electrons. The van der Waals surface area contributed by atoms with E-state index in [1.165, 1.54) is 0 Å². The number of carbonyl (C=O) groups is 1. The van der Waals surface area contributed by atoms with Crippen LogP contribution in [-0.4, -0.2) is 11.7 Å². The van der Waals surface area contributed by atoms with Crippen molar-refractivity contribution in [2.45, 2.75) is 10.8 Å². The van der Waals surface area contributed by atoms with E-state index in [0.717, 1.165) is 22.6 Å². The number of anilines is 1. The van der Waals surface area contributed by atoms with Gasteiger partial charge >= 0.3 is 0 Å². The van der Waals surface area contributed by atoms with E-state index in [1.807, 2.05) is 24.3 Å². The Hall–Kier alpha value is -1.40. The van der Waals surface area contributed by atoms with Crippen molar-refractivity contribution in [2.75, 3.05) is 11.1 Å². The lowest BCUT2D eigenvalue weighted by molar-refractivity contribution is -0.117. The number of rotatable bonds is 2. The van der Waals surface area contributed by atoms with Crippen LogP contribution < -0.4 is 5.32 Å². The molecule has 2 nitrogen and oxygen atoms in total. The number of hydrogen-bond acceptors (Lipinski definition) is 2. The number of fused-ring (bicyclic) bond motifs is 1. The number of carbonyl (C=O) groups excluding carboxylic acids is 1. The van der Waals surface area contributed by atoms with E-state index in [1.54, 1.807) is 11.8 Å². The Morgan fingerprint density at radius 2 is 2.00 bits per heavy atom. The first-order chi connectivity index (χ1) is 10.1. The number of hydrogen-bond donors (Lipinski definition) is 1. The molecule has 0 saturated carbocycles. The SMILES string of the molecule is O=C(Nc1cc(F)c(Br)cc1F)C1CSc2ccccc21. The van der Waals surface area contributed by atoms with Gasteiger partial charge in [-0.25, -0.2) is 8.78 Å².